The molecule has 0 aromatic heterocycles. The van der Waals surface area contributed by atoms with Crippen LogP contribution in [0.15, 0.2) is 104 Å². The maximum Gasteiger partial charge on any atom is 0.137 e. The maximum atomic E-state index is 10.4. The Kier molecular flexibility index (Phi) is 4.72. The van der Waals surface area contributed by atoms with Crippen molar-refractivity contribution in [2.24, 2.45) is 0 Å². The summed E-state index contributed by atoms with van der Waals surface area (Å²) in [5.74, 6) is 0.797. The van der Waals surface area contributed by atoms with Crippen LogP contribution in [-0.2, 0) is 0 Å². The zero-order valence-electron chi connectivity index (χ0n) is 17.6. The summed E-state index contributed by atoms with van der Waals surface area (Å²) in [6.45, 7) is 0. The summed E-state index contributed by atoms with van der Waals surface area (Å²) in [5.41, 5.74) is 4.39. The second-order valence-electron chi connectivity index (χ2n) is 7.76. The molecule has 7 heteroatoms. The zero-order valence-corrected chi connectivity index (χ0v) is 19.3. The van der Waals surface area contributed by atoms with Crippen molar-refractivity contribution in [1.82, 2.24) is 0 Å². The first-order valence-corrected chi connectivity index (χ1v) is 12.0. The van der Waals surface area contributed by atoms with Gasteiger partial charge in [0.25, 0.3) is 0 Å². The molecule has 3 aliphatic heterocycles. The molecule has 160 valence electrons. The van der Waals surface area contributed by atoms with Crippen LogP contribution in [0.5, 0.6) is 5.75 Å². The van der Waals surface area contributed by atoms with Crippen LogP contribution in [0.25, 0.3) is 0 Å². The molecule has 33 heavy (non-hydrogen) atoms. The van der Waals surface area contributed by atoms with E-state index in [4.69, 9.17) is 4.74 Å². The van der Waals surface area contributed by atoms with Gasteiger partial charge in [-0.05, 0) is 42.0 Å². The second kappa shape index (κ2) is 7.77. The maximum absolute atomic E-state index is 10.4. The number of thioether (sulfide) groups is 2. The van der Waals surface area contributed by atoms with Gasteiger partial charge in [-0.25, -0.2) is 0 Å². The lowest BCUT2D eigenvalue weighted by molar-refractivity contribution is 0.414. The van der Waals surface area contributed by atoms with Gasteiger partial charge < -0.3 is 10.1 Å². The summed E-state index contributed by atoms with van der Waals surface area (Å²) in [6.07, 6.45) is 0. The van der Waals surface area contributed by atoms with Crippen molar-refractivity contribution >= 4 is 40.7 Å². The normalized spacial score (nSPS) is 20.7. The van der Waals surface area contributed by atoms with Gasteiger partial charge in [-0.2, -0.15) is 5.26 Å². The van der Waals surface area contributed by atoms with E-state index in [0.717, 1.165) is 48.1 Å². The van der Waals surface area contributed by atoms with E-state index in [1.807, 2.05) is 71.6 Å². The van der Waals surface area contributed by atoms with E-state index in [-0.39, 0.29) is 5.92 Å². The second-order valence-corrected chi connectivity index (χ2v) is 9.84. The predicted octanol–water partition coefficient (Wildman–Crippen LogP) is 6.55. The minimum Gasteiger partial charge on any atom is -0.497 e. The van der Waals surface area contributed by atoms with Gasteiger partial charge in [0.05, 0.1) is 41.1 Å². The molecule has 0 bridgehead atoms. The smallest absolute Gasteiger partial charge is 0.137 e. The van der Waals surface area contributed by atoms with Gasteiger partial charge in [0.2, 0.25) is 0 Å². The number of nitrogens with one attached hydrogen (secondary N) is 2. The minimum absolute atomic E-state index is 0.356. The fraction of sp³-hybridized carbons (Fsp3) is 0.0769. The highest BCUT2D eigenvalue weighted by Gasteiger charge is 2.44. The van der Waals surface area contributed by atoms with Crippen LogP contribution in [-0.4, -0.2) is 12.9 Å². The van der Waals surface area contributed by atoms with Crippen LogP contribution >= 0.6 is 23.5 Å². The number of allylic oxidation sites excluding steroid dienone is 1. The van der Waals surface area contributed by atoms with E-state index in [1.165, 1.54) is 0 Å². The molecule has 1 atom stereocenters. The molecule has 2 N–H and O–H groups in total. The van der Waals surface area contributed by atoms with Crippen molar-refractivity contribution < 1.29 is 4.74 Å². The summed E-state index contributed by atoms with van der Waals surface area (Å²) >= 11 is 3.18. The van der Waals surface area contributed by atoms with Crippen LogP contribution in [0.3, 0.4) is 0 Å². The van der Waals surface area contributed by atoms with E-state index < -0.39 is 0 Å². The van der Waals surface area contributed by atoms with Crippen molar-refractivity contribution in [1.29, 1.82) is 10.7 Å². The Morgan fingerprint density at radius 2 is 1.70 bits per heavy atom. The number of rotatable bonds is 2. The first-order valence-electron chi connectivity index (χ1n) is 10.4. The number of nitrogens with zero attached hydrogens (tertiary/aromatic N) is 2. The molecule has 3 aliphatic rings. The lowest BCUT2D eigenvalue weighted by atomic mass is 9.82. The average Bonchev–Trinajstić information content (AvgIpc) is 3.45. The first-order chi connectivity index (χ1) is 16.2. The number of hydrogen-bond donors (Lipinski definition) is 2. The average molecular weight is 467 g/mol. The Morgan fingerprint density at radius 1 is 0.970 bits per heavy atom. The molecule has 0 radical (unpaired) electrons. The van der Waals surface area contributed by atoms with E-state index in [1.54, 1.807) is 30.6 Å². The van der Waals surface area contributed by atoms with Gasteiger partial charge in [-0.3, -0.25) is 10.3 Å². The number of anilines is 2. The Balaban J connectivity index is 1.59. The number of methoxy groups -OCH3 is 1. The third-order valence-electron chi connectivity index (χ3n) is 5.96. The number of ether oxygens (including phenoxy) is 1. The van der Waals surface area contributed by atoms with Crippen LogP contribution < -0.4 is 15.0 Å². The van der Waals surface area contributed by atoms with Crippen LogP contribution in [0.2, 0.25) is 0 Å². The van der Waals surface area contributed by atoms with Crippen molar-refractivity contribution in [3.05, 3.63) is 99.6 Å². The monoisotopic (exact) mass is 466 g/mol. The molecule has 3 heterocycles. The molecular weight excluding hydrogens is 448 g/mol. The SMILES string of the molecule is COc1ccc(C2C(C#N)=C3Sc4ccccc4N3C(=N)/C2=C2\Nc3ccccc3S2)cc1. The van der Waals surface area contributed by atoms with Gasteiger partial charge >= 0.3 is 0 Å². The van der Waals surface area contributed by atoms with Crippen LogP contribution in [0.1, 0.15) is 11.5 Å². The Hall–Kier alpha value is -3.60. The molecule has 0 saturated carbocycles. The van der Waals surface area contributed by atoms with E-state index in [2.05, 4.69) is 17.5 Å². The van der Waals surface area contributed by atoms with Gasteiger partial charge in [0.15, 0.2) is 0 Å². The summed E-state index contributed by atoms with van der Waals surface area (Å²) in [5, 5.41) is 24.9. The highest BCUT2D eigenvalue weighted by Crippen LogP contribution is 2.56. The van der Waals surface area contributed by atoms with Crippen LogP contribution in [0.4, 0.5) is 11.4 Å². The highest BCUT2D eigenvalue weighted by molar-refractivity contribution is 8.04. The number of nitriles is 1. The molecule has 6 rings (SSSR count). The third kappa shape index (κ3) is 3.06. The number of benzene rings is 3. The Morgan fingerprint density at radius 3 is 2.42 bits per heavy atom. The molecule has 0 amide bonds. The summed E-state index contributed by atoms with van der Waals surface area (Å²) < 4.78 is 5.35. The lowest BCUT2D eigenvalue weighted by Crippen LogP contribution is -2.37. The predicted molar refractivity (Wildman–Crippen MR) is 134 cm³/mol. The molecule has 0 fully saturated rings. The minimum atomic E-state index is -0.356. The molecule has 3 aromatic rings. The quantitative estimate of drug-likeness (QED) is 0.446. The first kappa shape index (κ1) is 20.0. The summed E-state index contributed by atoms with van der Waals surface area (Å²) in [7, 11) is 1.64. The molecule has 3 aromatic carbocycles. The van der Waals surface area contributed by atoms with Crippen molar-refractivity contribution in [3.63, 3.8) is 0 Å². The number of fused-ring (bicyclic) bond motifs is 4. The molecule has 1 unspecified atom stereocenters. The number of amidine groups is 1. The molecule has 0 saturated heterocycles. The van der Waals surface area contributed by atoms with Gasteiger partial charge in [-0.15, -0.1) is 0 Å². The zero-order chi connectivity index (χ0) is 22.5. The van der Waals surface area contributed by atoms with Gasteiger partial charge in [0, 0.05) is 15.4 Å². The molecule has 5 nitrogen and oxygen atoms in total. The number of para-hydroxylation sites is 2. The standard InChI is InChI=1S/C26H18N4OS2/c1-31-16-12-10-15(11-13-16)22-17(14-27)26-30(19-7-3-5-9-21(19)33-26)24(28)23(22)25-29-18-6-2-4-8-20(18)32-25/h2-13,22,28-29H,1H3/b25-23+,28-24?. The molecule has 0 aliphatic carbocycles. The molecular formula is C26H18N4OS2. The Bertz CT molecular complexity index is 1390. The van der Waals surface area contributed by atoms with Gasteiger partial charge in [-0.1, -0.05) is 59.9 Å². The van der Waals surface area contributed by atoms with E-state index in [0.29, 0.717) is 11.4 Å². The van der Waals surface area contributed by atoms with Gasteiger partial charge in [0.1, 0.15) is 16.6 Å². The Labute approximate surface area is 200 Å². The summed E-state index contributed by atoms with van der Waals surface area (Å²) in [6, 6.07) is 26.5. The van der Waals surface area contributed by atoms with E-state index in [9.17, 15) is 10.7 Å². The number of hydrogen-bond acceptors (Lipinski definition) is 6. The fourth-order valence-electron chi connectivity index (χ4n) is 4.43. The van der Waals surface area contributed by atoms with Crippen molar-refractivity contribution in [2.45, 2.75) is 15.7 Å². The van der Waals surface area contributed by atoms with Crippen LogP contribution in [0, 0.1) is 16.7 Å². The third-order valence-corrected chi connectivity index (χ3v) is 8.23. The van der Waals surface area contributed by atoms with E-state index >= 15 is 0 Å². The topological polar surface area (TPSA) is 72.1 Å². The van der Waals surface area contributed by atoms with Crippen molar-refractivity contribution in [3.8, 4) is 11.8 Å². The highest BCUT2D eigenvalue weighted by atomic mass is 32.2. The largest absolute Gasteiger partial charge is 0.497 e. The lowest BCUT2D eigenvalue weighted by Gasteiger charge is -2.35. The summed E-state index contributed by atoms with van der Waals surface area (Å²) in [4.78, 5) is 4.09. The fourth-order valence-corrected chi connectivity index (χ4v) is 6.68. The molecule has 0 spiro atoms. The van der Waals surface area contributed by atoms with Crippen molar-refractivity contribution in [2.75, 3.05) is 17.3 Å².